The molecule has 2 aromatic carbocycles. The van der Waals surface area contributed by atoms with Gasteiger partial charge in [0.05, 0.1) is 26.2 Å². The number of fused-ring (bicyclic) bond motifs is 1. The SMILES string of the molecule is COc1ccc(CC(=O)N2C[C@@H]3CCC[C@@](O)(c4ccccc4)[C@@H]3C2)cc1OC. The quantitative estimate of drug-likeness (QED) is 0.843. The Kier molecular flexibility index (Phi) is 5.50. The van der Waals surface area contributed by atoms with Crippen LogP contribution < -0.4 is 9.47 Å². The molecule has 29 heavy (non-hydrogen) atoms. The Morgan fingerprint density at radius 2 is 1.86 bits per heavy atom. The molecule has 1 heterocycles. The van der Waals surface area contributed by atoms with Gasteiger partial charge in [0.2, 0.25) is 5.91 Å². The minimum absolute atomic E-state index is 0.0907. The van der Waals surface area contributed by atoms with E-state index in [9.17, 15) is 9.90 Å². The molecular formula is C24H29NO4. The number of hydrogen-bond acceptors (Lipinski definition) is 4. The lowest BCUT2D eigenvalue weighted by Gasteiger charge is -2.41. The van der Waals surface area contributed by atoms with Gasteiger partial charge in [-0.25, -0.2) is 0 Å². The molecule has 5 heteroatoms. The lowest BCUT2D eigenvalue weighted by Crippen LogP contribution is -2.43. The fraction of sp³-hybridized carbons (Fsp3) is 0.458. The second kappa shape index (κ2) is 8.07. The summed E-state index contributed by atoms with van der Waals surface area (Å²) in [6, 6.07) is 15.5. The summed E-state index contributed by atoms with van der Waals surface area (Å²) in [7, 11) is 3.20. The van der Waals surface area contributed by atoms with E-state index >= 15 is 0 Å². The first-order valence-corrected chi connectivity index (χ1v) is 10.3. The monoisotopic (exact) mass is 395 g/mol. The standard InChI is InChI=1S/C24H29NO4/c1-28-21-11-10-17(13-22(21)29-2)14-23(26)25-15-18-7-6-12-24(27,20(18)16-25)19-8-4-3-5-9-19/h3-5,8-11,13,18,20,27H,6-7,12,14-16H2,1-2H3/t18-,20+,24+/m0/s1. The number of hydrogen-bond donors (Lipinski definition) is 1. The molecule has 2 aromatic rings. The Morgan fingerprint density at radius 1 is 1.10 bits per heavy atom. The molecule has 1 N–H and O–H groups in total. The van der Waals surface area contributed by atoms with Gasteiger partial charge in [-0.1, -0.05) is 36.4 Å². The highest BCUT2D eigenvalue weighted by Gasteiger charge is 2.50. The Bertz CT molecular complexity index is 868. The number of aliphatic hydroxyl groups is 1. The van der Waals surface area contributed by atoms with Gasteiger partial charge in [-0.2, -0.15) is 0 Å². The van der Waals surface area contributed by atoms with Crippen LogP contribution in [-0.2, 0) is 16.8 Å². The zero-order valence-corrected chi connectivity index (χ0v) is 17.1. The van der Waals surface area contributed by atoms with Crippen molar-refractivity contribution in [3.05, 3.63) is 59.7 Å². The Balaban J connectivity index is 1.49. The lowest BCUT2D eigenvalue weighted by molar-refractivity contribution is -0.130. The summed E-state index contributed by atoms with van der Waals surface area (Å²) < 4.78 is 10.6. The van der Waals surface area contributed by atoms with Crippen LogP contribution in [0.25, 0.3) is 0 Å². The van der Waals surface area contributed by atoms with E-state index in [1.165, 1.54) is 0 Å². The van der Waals surface area contributed by atoms with Crippen molar-refractivity contribution in [2.24, 2.45) is 11.8 Å². The molecule has 1 saturated carbocycles. The Hall–Kier alpha value is -2.53. The second-order valence-electron chi connectivity index (χ2n) is 8.21. The van der Waals surface area contributed by atoms with Crippen molar-refractivity contribution in [1.82, 2.24) is 4.90 Å². The van der Waals surface area contributed by atoms with E-state index in [-0.39, 0.29) is 11.8 Å². The minimum Gasteiger partial charge on any atom is -0.493 e. The molecule has 0 bridgehead atoms. The number of benzene rings is 2. The van der Waals surface area contributed by atoms with Crippen LogP contribution in [0.1, 0.15) is 30.4 Å². The number of carbonyl (C=O) groups excluding carboxylic acids is 1. The molecule has 0 aromatic heterocycles. The average Bonchev–Trinajstić information content (AvgIpc) is 3.20. The molecule has 2 fully saturated rings. The molecule has 5 nitrogen and oxygen atoms in total. The first kappa shape index (κ1) is 19.8. The van der Waals surface area contributed by atoms with Gasteiger partial charge in [-0.3, -0.25) is 4.79 Å². The van der Waals surface area contributed by atoms with Crippen LogP contribution in [0.3, 0.4) is 0 Å². The van der Waals surface area contributed by atoms with Gasteiger partial charge in [-0.15, -0.1) is 0 Å². The van der Waals surface area contributed by atoms with Crippen molar-refractivity contribution in [3.8, 4) is 11.5 Å². The largest absolute Gasteiger partial charge is 0.493 e. The smallest absolute Gasteiger partial charge is 0.227 e. The van der Waals surface area contributed by atoms with Gasteiger partial charge in [-0.05, 0) is 48.4 Å². The predicted octanol–water partition coefficient (Wildman–Crippen LogP) is 3.39. The highest BCUT2D eigenvalue weighted by Crippen LogP contribution is 2.48. The van der Waals surface area contributed by atoms with Crippen molar-refractivity contribution in [1.29, 1.82) is 0 Å². The van der Waals surface area contributed by atoms with E-state index in [0.29, 0.717) is 30.4 Å². The molecule has 1 aliphatic heterocycles. The van der Waals surface area contributed by atoms with Gasteiger partial charge in [0.25, 0.3) is 0 Å². The zero-order chi connectivity index (χ0) is 20.4. The summed E-state index contributed by atoms with van der Waals surface area (Å²) in [5, 5.41) is 11.6. The van der Waals surface area contributed by atoms with Crippen molar-refractivity contribution in [2.75, 3.05) is 27.3 Å². The van der Waals surface area contributed by atoms with E-state index < -0.39 is 5.60 Å². The molecule has 1 saturated heterocycles. The molecule has 0 radical (unpaired) electrons. The number of rotatable bonds is 5. The summed E-state index contributed by atoms with van der Waals surface area (Å²) in [5.41, 5.74) is 1.03. The van der Waals surface area contributed by atoms with Crippen molar-refractivity contribution < 1.29 is 19.4 Å². The van der Waals surface area contributed by atoms with Crippen LogP contribution in [0.2, 0.25) is 0 Å². The second-order valence-corrected chi connectivity index (χ2v) is 8.21. The zero-order valence-electron chi connectivity index (χ0n) is 17.1. The normalized spacial score (nSPS) is 26.1. The highest BCUT2D eigenvalue weighted by atomic mass is 16.5. The number of amides is 1. The highest BCUT2D eigenvalue weighted by molar-refractivity contribution is 5.79. The summed E-state index contributed by atoms with van der Waals surface area (Å²) in [4.78, 5) is 15.0. The van der Waals surface area contributed by atoms with Crippen LogP contribution in [0.4, 0.5) is 0 Å². The molecule has 2 aliphatic rings. The third kappa shape index (κ3) is 3.71. The van der Waals surface area contributed by atoms with Crippen LogP contribution in [0, 0.1) is 11.8 Å². The maximum atomic E-state index is 13.0. The number of ether oxygens (including phenoxy) is 2. The molecule has 3 atom stereocenters. The molecule has 0 spiro atoms. The number of nitrogens with zero attached hydrogens (tertiary/aromatic N) is 1. The van der Waals surface area contributed by atoms with Gasteiger partial charge < -0.3 is 19.5 Å². The van der Waals surface area contributed by atoms with Crippen LogP contribution in [0.5, 0.6) is 11.5 Å². The third-order valence-electron chi connectivity index (χ3n) is 6.62. The van der Waals surface area contributed by atoms with E-state index in [0.717, 1.165) is 36.9 Å². The first-order chi connectivity index (χ1) is 14.0. The maximum absolute atomic E-state index is 13.0. The number of likely N-dealkylation sites (tertiary alicyclic amines) is 1. The van der Waals surface area contributed by atoms with Gasteiger partial charge in [0, 0.05) is 19.0 Å². The fourth-order valence-corrected chi connectivity index (χ4v) is 5.09. The van der Waals surface area contributed by atoms with Crippen molar-refractivity contribution in [3.63, 3.8) is 0 Å². The van der Waals surface area contributed by atoms with Gasteiger partial charge in [0.15, 0.2) is 11.5 Å². The summed E-state index contributed by atoms with van der Waals surface area (Å²) >= 11 is 0. The van der Waals surface area contributed by atoms with Crippen molar-refractivity contribution in [2.45, 2.75) is 31.3 Å². The number of methoxy groups -OCH3 is 2. The predicted molar refractivity (Wildman–Crippen MR) is 111 cm³/mol. The molecular weight excluding hydrogens is 366 g/mol. The van der Waals surface area contributed by atoms with Gasteiger partial charge in [0.1, 0.15) is 0 Å². The Morgan fingerprint density at radius 3 is 2.59 bits per heavy atom. The van der Waals surface area contributed by atoms with Gasteiger partial charge >= 0.3 is 0 Å². The Labute approximate surface area is 172 Å². The summed E-state index contributed by atoms with van der Waals surface area (Å²) in [6.07, 6.45) is 3.14. The molecule has 4 rings (SSSR count). The van der Waals surface area contributed by atoms with E-state index in [4.69, 9.17) is 9.47 Å². The van der Waals surface area contributed by atoms with E-state index in [2.05, 4.69) is 0 Å². The van der Waals surface area contributed by atoms with Crippen LogP contribution >= 0.6 is 0 Å². The molecule has 1 amide bonds. The third-order valence-corrected chi connectivity index (χ3v) is 6.62. The molecule has 0 unspecified atom stereocenters. The average molecular weight is 395 g/mol. The lowest BCUT2D eigenvalue weighted by atomic mass is 9.67. The molecule has 154 valence electrons. The van der Waals surface area contributed by atoms with Crippen molar-refractivity contribution >= 4 is 5.91 Å². The summed E-state index contributed by atoms with van der Waals surface area (Å²) in [5.74, 6) is 1.83. The fourth-order valence-electron chi connectivity index (χ4n) is 5.09. The first-order valence-electron chi connectivity index (χ1n) is 10.3. The summed E-state index contributed by atoms with van der Waals surface area (Å²) in [6.45, 7) is 1.34. The van der Waals surface area contributed by atoms with E-state index in [1.54, 1.807) is 14.2 Å². The van der Waals surface area contributed by atoms with Crippen LogP contribution in [0.15, 0.2) is 48.5 Å². The van der Waals surface area contributed by atoms with E-state index in [1.807, 2.05) is 53.4 Å². The number of carbonyl (C=O) groups is 1. The topological polar surface area (TPSA) is 59.0 Å². The maximum Gasteiger partial charge on any atom is 0.227 e. The van der Waals surface area contributed by atoms with Crippen LogP contribution in [-0.4, -0.2) is 43.2 Å². The minimum atomic E-state index is -0.845. The molecule has 1 aliphatic carbocycles.